The average Bonchev–Trinajstić information content (AvgIpc) is 3.07. The summed E-state index contributed by atoms with van der Waals surface area (Å²) in [5, 5.41) is 7.29. The van der Waals surface area contributed by atoms with Crippen molar-refractivity contribution in [3.63, 3.8) is 0 Å². The number of nitrogens with one attached hydrogen (secondary N) is 2. The fourth-order valence-electron chi connectivity index (χ4n) is 2.28. The molecule has 0 radical (unpaired) electrons. The normalized spacial score (nSPS) is 22.8. The molecule has 21 heavy (non-hydrogen) atoms. The van der Waals surface area contributed by atoms with Gasteiger partial charge in [0.25, 0.3) is 0 Å². The highest BCUT2D eigenvalue weighted by atomic mass is 32.2. The van der Waals surface area contributed by atoms with E-state index in [1.54, 1.807) is 10.9 Å². The summed E-state index contributed by atoms with van der Waals surface area (Å²) in [6.45, 7) is 6.96. The van der Waals surface area contributed by atoms with Crippen molar-refractivity contribution in [3.05, 3.63) is 12.4 Å². The molecular weight excluding hydrogens is 308 g/mol. The van der Waals surface area contributed by atoms with Gasteiger partial charge in [0, 0.05) is 24.0 Å². The van der Waals surface area contributed by atoms with E-state index >= 15 is 0 Å². The van der Waals surface area contributed by atoms with Gasteiger partial charge in [-0.3, -0.25) is 4.68 Å². The molecule has 0 aliphatic carbocycles. The number of sulfonamides is 1. The third-order valence-corrected chi connectivity index (χ3v) is 6.52. The summed E-state index contributed by atoms with van der Waals surface area (Å²) in [5.74, 6) is 1.11. The van der Waals surface area contributed by atoms with Crippen LogP contribution in [0.25, 0.3) is 0 Å². The van der Waals surface area contributed by atoms with E-state index in [0.717, 1.165) is 31.7 Å². The lowest BCUT2D eigenvalue weighted by atomic mass is 10.1. The fourth-order valence-corrected chi connectivity index (χ4v) is 4.74. The Kier molecular flexibility index (Phi) is 5.70. The minimum absolute atomic E-state index is 0.0219. The number of hydrogen-bond acceptors (Lipinski definition) is 5. The molecular formula is C13H24N4O2S2. The van der Waals surface area contributed by atoms with E-state index in [4.69, 9.17) is 0 Å². The second-order valence-electron chi connectivity index (χ2n) is 5.52. The monoisotopic (exact) mass is 332 g/mol. The maximum Gasteiger partial charge on any atom is 0.243 e. The zero-order valence-corrected chi connectivity index (χ0v) is 14.3. The Morgan fingerprint density at radius 2 is 2.33 bits per heavy atom. The molecule has 0 bridgehead atoms. The van der Waals surface area contributed by atoms with E-state index in [1.165, 1.54) is 6.20 Å². The maximum atomic E-state index is 12.3. The van der Waals surface area contributed by atoms with Gasteiger partial charge in [0.1, 0.15) is 4.90 Å². The lowest BCUT2D eigenvalue weighted by Gasteiger charge is -2.22. The molecule has 2 heterocycles. The van der Waals surface area contributed by atoms with Crippen LogP contribution in [0, 0.1) is 0 Å². The number of thioether (sulfide) groups is 1. The van der Waals surface area contributed by atoms with E-state index in [9.17, 15) is 8.42 Å². The minimum Gasteiger partial charge on any atom is -0.315 e. The molecule has 0 amide bonds. The summed E-state index contributed by atoms with van der Waals surface area (Å²) in [6.07, 6.45) is 5.22. The molecule has 1 aromatic heterocycles. The summed E-state index contributed by atoms with van der Waals surface area (Å²) in [6, 6.07) is 0. The van der Waals surface area contributed by atoms with Crippen molar-refractivity contribution in [1.29, 1.82) is 0 Å². The van der Waals surface area contributed by atoms with Gasteiger partial charge in [0.2, 0.25) is 10.0 Å². The predicted molar refractivity (Wildman–Crippen MR) is 86.1 cm³/mol. The highest BCUT2D eigenvalue weighted by molar-refractivity contribution is 8.01. The Morgan fingerprint density at radius 1 is 1.52 bits per heavy atom. The van der Waals surface area contributed by atoms with E-state index < -0.39 is 10.0 Å². The Balaban J connectivity index is 1.92. The van der Waals surface area contributed by atoms with Gasteiger partial charge in [0.05, 0.1) is 12.7 Å². The topological polar surface area (TPSA) is 76.0 Å². The molecule has 1 aliphatic heterocycles. The zero-order valence-electron chi connectivity index (χ0n) is 12.6. The quantitative estimate of drug-likeness (QED) is 0.696. The first-order valence-electron chi connectivity index (χ1n) is 7.32. The first kappa shape index (κ1) is 16.8. The van der Waals surface area contributed by atoms with Crippen LogP contribution in [0.15, 0.2) is 17.3 Å². The maximum absolute atomic E-state index is 12.3. The minimum atomic E-state index is -3.46. The number of likely N-dealkylation sites (N-methyl/N-ethyl adjacent to an activating group) is 1. The number of aromatic nitrogens is 2. The van der Waals surface area contributed by atoms with Gasteiger partial charge in [-0.25, -0.2) is 13.1 Å². The van der Waals surface area contributed by atoms with Gasteiger partial charge >= 0.3 is 0 Å². The van der Waals surface area contributed by atoms with Crippen LogP contribution in [0.3, 0.4) is 0 Å². The highest BCUT2D eigenvalue weighted by Crippen LogP contribution is 2.37. The first-order valence-corrected chi connectivity index (χ1v) is 9.79. The van der Waals surface area contributed by atoms with Gasteiger partial charge in [-0.05, 0) is 32.1 Å². The van der Waals surface area contributed by atoms with Crippen LogP contribution in [0.2, 0.25) is 0 Å². The second kappa shape index (κ2) is 7.13. The molecule has 1 atom stereocenters. The lowest BCUT2D eigenvalue weighted by Crippen LogP contribution is -2.36. The van der Waals surface area contributed by atoms with Gasteiger partial charge in [-0.15, -0.1) is 0 Å². The molecule has 6 nitrogen and oxygen atoms in total. The van der Waals surface area contributed by atoms with Gasteiger partial charge in [-0.1, -0.05) is 6.92 Å². The molecule has 1 saturated heterocycles. The zero-order chi connectivity index (χ0) is 15.3. The van der Waals surface area contributed by atoms with Crippen molar-refractivity contribution >= 4 is 21.8 Å². The van der Waals surface area contributed by atoms with Crippen molar-refractivity contribution < 1.29 is 8.42 Å². The van der Waals surface area contributed by atoms with Gasteiger partial charge in [0.15, 0.2) is 0 Å². The average molecular weight is 332 g/mol. The van der Waals surface area contributed by atoms with E-state index in [-0.39, 0.29) is 9.64 Å². The summed E-state index contributed by atoms with van der Waals surface area (Å²) in [4.78, 5) is 0.241. The van der Waals surface area contributed by atoms with Crippen LogP contribution in [-0.4, -0.2) is 48.3 Å². The molecule has 1 aliphatic rings. The van der Waals surface area contributed by atoms with E-state index in [1.807, 2.05) is 18.7 Å². The Bertz CT molecular complexity index is 550. The van der Waals surface area contributed by atoms with E-state index in [2.05, 4.69) is 22.1 Å². The fraction of sp³-hybridized carbons (Fsp3) is 0.769. The molecule has 8 heteroatoms. The molecule has 1 unspecified atom stereocenters. The van der Waals surface area contributed by atoms with Crippen molar-refractivity contribution in [2.24, 2.45) is 0 Å². The summed E-state index contributed by atoms with van der Waals surface area (Å²) in [5.41, 5.74) is 0. The Hall–Kier alpha value is -0.570. The number of rotatable bonds is 8. The molecule has 0 saturated carbocycles. The highest BCUT2D eigenvalue weighted by Gasteiger charge is 2.31. The van der Waals surface area contributed by atoms with Crippen molar-refractivity contribution in [3.8, 4) is 0 Å². The van der Waals surface area contributed by atoms with E-state index in [0.29, 0.717) is 13.1 Å². The van der Waals surface area contributed by atoms with Crippen LogP contribution >= 0.6 is 11.8 Å². The summed E-state index contributed by atoms with van der Waals surface area (Å²) in [7, 11) is -3.46. The van der Waals surface area contributed by atoms with Crippen LogP contribution in [0.5, 0.6) is 0 Å². The van der Waals surface area contributed by atoms with Crippen molar-refractivity contribution in [2.45, 2.75) is 42.9 Å². The summed E-state index contributed by atoms with van der Waals surface area (Å²) < 4.78 is 29.0. The Labute approximate surface area is 131 Å². The molecule has 120 valence electrons. The van der Waals surface area contributed by atoms with Crippen LogP contribution in [-0.2, 0) is 16.6 Å². The van der Waals surface area contributed by atoms with Gasteiger partial charge < -0.3 is 5.32 Å². The second-order valence-corrected chi connectivity index (χ2v) is 8.97. The molecule has 2 N–H and O–H groups in total. The first-order chi connectivity index (χ1) is 9.95. The van der Waals surface area contributed by atoms with Crippen molar-refractivity contribution in [2.75, 3.05) is 25.4 Å². The van der Waals surface area contributed by atoms with Crippen LogP contribution < -0.4 is 10.0 Å². The van der Waals surface area contributed by atoms with Gasteiger partial charge in [-0.2, -0.15) is 16.9 Å². The Morgan fingerprint density at radius 3 is 3.00 bits per heavy atom. The standard InChI is InChI=1S/C13H24N4O2S2/c1-3-14-6-7-17-10-12(9-15-17)21(18,19)16-11-13(2)5-4-8-20-13/h9-10,14,16H,3-8,11H2,1-2H3. The lowest BCUT2D eigenvalue weighted by molar-refractivity contribution is 0.550. The van der Waals surface area contributed by atoms with Crippen LogP contribution in [0.1, 0.15) is 26.7 Å². The largest absolute Gasteiger partial charge is 0.315 e. The van der Waals surface area contributed by atoms with Crippen LogP contribution in [0.4, 0.5) is 0 Å². The third-order valence-electron chi connectivity index (χ3n) is 3.62. The van der Waals surface area contributed by atoms with Crippen molar-refractivity contribution in [1.82, 2.24) is 19.8 Å². The molecule has 0 aromatic carbocycles. The number of hydrogen-bond donors (Lipinski definition) is 2. The number of nitrogens with zero attached hydrogens (tertiary/aromatic N) is 2. The third kappa shape index (κ3) is 4.70. The smallest absolute Gasteiger partial charge is 0.243 e. The molecule has 0 spiro atoms. The summed E-state index contributed by atoms with van der Waals surface area (Å²) >= 11 is 1.84. The molecule has 1 aromatic rings. The molecule has 1 fully saturated rings. The SMILES string of the molecule is CCNCCn1cc(S(=O)(=O)NCC2(C)CCCS2)cn1. The predicted octanol–water partition coefficient (Wildman–Crippen LogP) is 1.06. The molecule has 2 rings (SSSR count).